The molecular weight excluding hydrogens is 248 g/mol. The topological polar surface area (TPSA) is 80.9 Å². The number of thiazole rings is 1. The van der Waals surface area contributed by atoms with Crippen LogP contribution in [0, 0.1) is 0 Å². The first kappa shape index (κ1) is 12.7. The Labute approximate surface area is 109 Å². The maximum absolute atomic E-state index is 11.5. The molecule has 2 aromatic heterocycles. The number of amides is 1. The van der Waals surface area contributed by atoms with Crippen molar-refractivity contribution in [2.75, 3.05) is 13.1 Å². The molecule has 0 aliphatic carbocycles. The van der Waals surface area contributed by atoms with E-state index in [1.54, 1.807) is 6.20 Å². The van der Waals surface area contributed by atoms with Crippen LogP contribution in [-0.4, -0.2) is 29.0 Å². The molecule has 0 atom stereocenters. The van der Waals surface area contributed by atoms with Crippen molar-refractivity contribution in [2.24, 2.45) is 5.73 Å². The van der Waals surface area contributed by atoms with Crippen molar-refractivity contribution in [1.82, 2.24) is 15.3 Å². The highest BCUT2D eigenvalue weighted by molar-refractivity contribution is 7.13. The van der Waals surface area contributed by atoms with Crippen LogP contribution in [0.25, 0.3) is 10.7 Å². The Morgan fingerprint density at radius 3 is 3.06 bits per heavy atom. The molecule has 2 aromatic rings. The van der Waals surface area contributed by atoms with Crippen molar-refractivity contribution in [1.29, 1.82) is 0 Å². The Kier molecular flexibility index (Phi) is 4.38. The predicted octanol–water partition coefficient (Wildman–Crippen LogP) is 0.823. The third-order valence-electron chi connectivity index (χ3n) is 2.24. The molecule has 0 saturated heterocycles. The van der Waals surface area contributed by atoms with E-state index in [0.717, 1.165) is 16.4 Å². The molecule has 0 radical (unpaired) electrons. The van der Waals surface area contributed by atoms with Crippen LogP contribution in [0.15, 0.2) is 29.8 Å². The van der Waals surface area contributed by atoms with E-state index in [0.29, 0.717) is 13.1 Å². The van der Waals surface area contributed by atoms with Gasteiger partial charge in [0.1, 0.15) is 5.01 Å². The van der Waals surface area contributed by atoms with Gasteiger partial charge in [0.15, 0.2) is 0 Å². The van der Waals surface area contributed by atoms with Crippen LogP contribution >= 0.6 is 11.3 Å². The van der Waals surface area contributed by atoms with Crippen molar-refractivity contribution in [3.05, 3.63) is 35.5 Å². The third kappa shape index (κ3) is 3.35. The number of aromatic nitrogens is 2. The quantitative estimate of drug-likeness (QED) is 0.836. The Bertz CT molecular complexity index is 512. The lowest BCUT2D eigenvalue weighted by atomic mass is 10.3. The summed E-state index contributed by atoms with van der Waals surface area (Å²) in [5, 5.41) is 5.43. The Morgan fingerprint density at radius 1 is 1.44 bits per heavy atom. The highest BCUT2D eigenvalue weighted by Gasteiger charge is 2.08. The largest absolute Gasteiger partial charge is 0.354 e. The molecule has 2 rings (SSSR count). The smallest absolute Gasteiger partial charge is 0.226 e. The van der Waals surface area contributed by atoms with Gasteiger partial charge in [0.25, 0.3) is 0 Å². The van der Waals surface area contributed by atoms with Gasteiger partial charge < -0.3 is 11.1 Å². The van der Waals surface area contributed by atoms with Crippen LogP contribution in [0.2, 0.25) is 0 Å². The van der Waals surface area contributed by atoms with E-state index in [2.05, 4.69) is 15.3 Å². The number of hydrogen-bond acceptors (Lipinski definition) is 5. The second-order valence-corrected chi connectivity index (χ2v) is 4.53. The van der Waals surface area contributed by atoms with Crippen molar-refractivity contribution in [3.8, 4) is 10.7 Å². The van der Waals surface area contributed by atoms with Gasteiger partial charge >= 0.3 is 0 Å². The molecule has 3 N–H and O–H groups in total. The first-order chi connectivity index (χ1) is 8.79. The van der Waals surface area contributed by atoms with Gasteiger partial charge in [0.05, 0.1) is 17.8 Å². The molecule has 2 heterocycles. The fourth-order valence-corrected chi connectivity index (χ4v) is 2.23. The minimum Gasteiger partial charge on any atom is -0.354 e. The van der Waals surface area contributed by atoms with Crippen molar-refractivity contribution in [3.63, 3.8) is 0 Å². The number of carbonyl (C=O) groups excluding carboxylic acids is 1. The lowest BCUT2D eigenvalue weighted by molar-refractivity contribution is -0.120. The molecule has 0 saturated carbocycles. The highest BCUT2D eigenvalue weighted by Crippen LogP contribution is 2.21. The van der Waals surface area contributed by atoms with Gasteiger partial charge in [-0.05, 0) is 12.1 Å². The SMILES string of the molecule is NCCNC(=O)Cc1csc(-c2ccccn2)n1. The number of carbonyl (C=O) groups is 1. The first-order valence-corrected chi connectivity index (χ1v) is 6.50. The maximum Gasteiger partial charge on any atom is 0.226 e. The van der Waals surface area contributed by atoms with Crippen LogP contribution in [-0.2, 0) is 11.2 Å². The summed E-state index contributed by atoms with van der Waals surface area (Å²) < 4.78 is 0. The van der Waals surface area contributed by atoms with Crippen molar-refractivity contribution < 1.29 is 4.79 Å². The van der Waals surface area contributed by atoms with Crippen molar-refractivity contribution in [2.45, 2.75) is 6.42 Å². The van der Waals surface area contributed by atoms with E-state index >= 15 is 0 Å². The number of nitrogens with two attached hydrogens (primary N) is 1. The minimum atomic E-state index is -0.0571. The fourth-order valence-electron chi connectivity index (χ4n) is 1.43. The van der Waals surface area contributed by atoms with E-state index < -0.39 is 0 Å². The molecule has 0 aliphatic heterocycles. The lowest BCUT2D eigenvalue weighted by Crippen LogP contribution is -2.30. The molecular formula is C12H14N4OS. The average Bonchev–Trinajstić information content (AvgIpc) is 2.86. The molecule has 6 heteroatoms. The van der Waals surface area contributed by atoms with Gasteiger partial charge in [-0.25, -0.2) is 4.98 Å². The van der Waals surface area contributed by atoms with Gasteiger partial charge in [-0.2, -0.15) is 0 Å². The first-order valence-electron chi connectivity index (χ1n) is 5.62. The van der Waals surface area contributed by atoms with E-state index in [-0.39, 0.29) is 12.3 Å². The van der Waals surface area contributed by atoms with Gasteiger partial charge in [-0.3, -0.25) is 9.78 Å². The summed E-state index contributed by atoms with van der Waals surface area (Å²) in [6.07, 6.45) is 2.01. The minimum absolute atomic E-state index is 0.0571. The molecule has 94 valence electrons. The maximum atomic E-state index is 11.5. The van der Waals surface area contributed by atoms with Gasteiger partial charge in [-0.1, -0.05) is 6.07 Å². The molecule has 0 unspecified atom stereocenters. The molecule has 18 heavy (non-hydrogen) atoms. The number of nitrogens with zero attached hydrogens (tertiary/aromatic N) is 2. The average molecular weight is 262 g/mol. The zero-order valence-corrected chi connectivity index (χ0v) is 10.6. The van der Waals surface area contributed by atoms with Crippen LogP contribution in [0.3, 0.4) is 0 Å². The summed E-state index contributed by atoms with van der Waals surface area (Å²) >= 11 is 1.49. The predicted molar refractivity (Wildman–Crippen MR) is 71.1 cm³/mol. The number of rotatable bonds is 5. The molecule has 1 amide bonds. The van der Waals surface area contributed by atoms with Crippen LogP contribution < -0.4 is 11.1 Å². The van der Waals surface area contributed by atoms with E-state index in [1.165, 1.54) is 11.3 Å². The van der Waals surface area contributed by atoms with Crippen LogP contribution in [0.1, 0.15) is 5.69 Å². The second kappa shape index (κ2) is 6.23. The summed E-state index contributed by atoms with van der Waals surface area (Å²) in [5.41, 5.74) is 6.90. The molecule has 0 aliphatic rings. The molecule has 0 bridgehead atoms. The van der Waals surface area contributed by atoms with E-state index in [1.807, 2.05) is 23.6 Å². The normalized spacial score (nSPS) is 10.3. The Morgan fingerprint density at radius 2 is 2.33 bits per heavy atom. The standard InChI is InChI=1S/C12H14N4OS/c13-4-6-15-11(17)7-9-8-18-12(16-9)10-3-1-2-5-14-10/h1-3,5,8H,4,6-7,13H2,(H,15,17). The molecule has 5 nitrogen and oxygen atoms in total. The highest BCUT2D eigenvalue weighted by atomic mass is 32.1. The summed E-state index contributed by atoms with van der Waals surface area (Å²) in [6.45, 7) is 0.943. The fraction of sp³-hybridized carbons (Fsp3) is 0.250. The van der Waals surface area contributed by atoms with Gasteiger partial charge in [0, 0.05) is 24.7 Å². The van der Waals surface area contributed by atoms with Crippen molar-refractivity contribution >= 4 is 17.2 Å². The molecule has 0 spiro atoms. The monoisotopic (exact) mass is 262 g/mol. The van der Waals surface area contributed by atoms with Crippen LogP contribution in [0.4, 0.5) is 0 Å². The second-order valence-electron chi connectivity index (χ2n) is 3.67. The molecule has 0 fully saturated rings. The summed E-state index contributed by atoms with van der Waals surface area (Å²) in [7, 11) is 0. The Hall–Kier alpha value is -1.79. The number of pyridine rings is 1. The number of nitrogens with one attached hydrogen (secondary N) is 1. The summed E-state index contributed by atoms with van der Waals surface area (Å²) in [5.74, 6) is -0.0571. The van der Waals surface area contributed by atoms with Gasteiger partial charge in [0.2, 0.25) is 5.91 Å². The van der Waals surface area contributed by atoms with E-state index in [4.69, 9.17) is 5.73 Å². The zero-order chi connectivity index (χ0) is 12.8. The van der Waals surface area contributed by atoms with Gasteiger partial charge in [-0.15, -0.1) is 11.3 Å². The zero-order valence-electron chi connectivity index (χ0n) is 9.80. The van der Waals surface area contributed by atoms with E-state index in [9.17, 15) is 4.79 Å². The Balaban J connectivity index is 2.00. The van der Waals surface area contributed by atoms with Crippen LogP contribution in [0.5, 0.6) is 0 Å². The number of hydrogen-bond donors (Lipinski definition) is 2. The summed E-state index contributed by atoms with van der Waals surface area (Å²) in [6, 6.07) is 5.67. The summed E-state index contributed by atoms with van der Waals surface area (Å²) in [4.78, 5) is 20.1. The molecule has 0 aromatic carbocycles. The lowest BCUT2D eigenvalue weighted by Gasteiger charge is -2.00. The third-order valence-corrected chi connectivity index (χ3v) is 3.16.